The SMILES string of the molecule is Cc1cc(Nc2cnc(N)c(N(N)Cc3ccc4ncccc4c3)[nH+]2)on1. The minimum Gasteiger partial charge on any atom is -0.378 e. The third-order valence-corrected chi connectivity index (χ3v) is 4.02. The number of hydrazine groups is 1. The van der Waals surface area contributed by atoms with E-state index in [1.54, 1.807) is 18.5 Å². The van der Waals surface area contributed by atoms with Gasteiger partial charge >= 0.3 is 0 Å². The first-order chi connectivity index (χ1) is 13.1. The summed E-state index contributed by atoms with van der Waals surface area (Å²) in [6.07, 6.45) is 3.33. The van der Waals surface area contributed by atoms with Gasteiger partial charge in [-0.25, -0.2) is 20.3 Å². The zero-order valence-corrected chi connectivity index (χ0v) is 14.7. The predicted molar refractivity (Wildman–Crippen MR) is 102 cm³/mol. The van der Waals surface area contributed by atoms with Crippen LogP contribution < -0.4 is 26.9 Å². The van der Waals surface area contributed by atoms with E-state index in [4.69, 9.17) is 16.1 Å². The van der Waals surface area contributed by atoms with Crippen molar-refractivity contribution < 1.29 is 9.51 Å². The molecule has 0 radical (unpaired) electrons. The summed E-state index contributed by atoms with van der Waals surface area (Å²) in [5.41, 5.74) is 8.72. The van der Waals surface area contributed by atoms with Gasteiger partial charge in [0.2, 0.25) is 5.82 Å². The molecule has 0 spiro atoms. The summed E-state index contributed by atoms with van der Waals surface area (Å²) in [6, 6.07) is 11.7. The lowest BCUT2D eigenvalue weighted by molar-refractivity contribution is -0.347. The summed E-state index contributed by atoms with van der Waals surface area (Å²) in [6.45, 7) is 2.28. The zero-order valence-electron chi connectivity index (χ0n) is 14.7. The van der Waals surface area contributed by atoms with E-state index in [-0.39, 0.29) is 0 Å². The fourth-order valence-corrected chi connectivity index (χ4v) is 2.76. The van der Waals surface area contributed by atoms with Gasteiger partial charge < -0.3 is 10.3 Å². The van der Waals surface area contributed by atoms with Crippen molar-refractivity contribution in [3.8, 4) is 0 Å². The molecule has 0 amide bonds. The minimum absolute atomic E-state index is 0.291. The predicted octanol–water partition coefficient (Wildman–Crippen LogP) is 1.95. The second kappa shape index (κ2) is 6.89. The number of pyridine rings is 1. The van der Waals surface area contributed by atoms with Gasteiger partial charge in [0, 0.05) is 17.6 Å². The summed E-state index contributed by atoms with van der Waals surface area (Å²) in [5.74, 6) is 8.09. The molecule has 0 aliphatic heterocycles. The molecular formula is C18H19N8O+. The summed E-state index contributed by atoms with van der Waals surface area (Å²) < 4.78 is 5.14. The number of nitrogens with one attached hydrogen (secondary N) is 2. The number of nitrogens with zero attached hydrogens (tertiary/aromatic N) is 4. The molecule has 6 N–H and O–H groups in total. The van der Waals surface area contributed by atoms with Gasteiger partial charge in [0.05, 0.1) is 11.2 Å². The van der Waals surface area contributed by atoms with E-state index in [0.717, 1.165) is 22.2 Å². The van der Waals surface area contributed by atoms with Crippen LogP contribution in [-0.4, -0.2) is 15.1 Å². The Morgan fingerprint density at radius 2 is 2.11 bits per heavy atom. The van der Waals surface area contributed by atoms with E-state index in [2.05, 4.69) is 25.4 Å². The van der Waals surface area contributed by atoms with Crippen molar-refractivity contribution >= 4 is 34.2 Å². The van der Waals surface area contributed by atoms with Gasteiger partial charge in [-0.1, -0.05) is 17.3 Å². The lowest BCUT2D eigenvalue weighted by atomic mass is 10.1. The van der Waals surface area contributed by atoms with Crippen molar-refractivity contribution in [1.82, 2.24) is 15.1 Å². The largest absolute Gasteiger partial charge is 0.378 e. The summed E-state index contributed by atoms with van der Waals surface area (Å²) in [7, 11) is 0. The van der Waals surface area contributed by atoms with Crippen LogP contribution in [0, 0.1) is 6.92 Å². The van der Waals surface area contributed by atoms with Crippen LogP contribution in [-0.2, 0) is 6.54 Å². The van der Waals surface area contributed by atoms with Gasteiger partial charge in [0.1, 0.15) is 12.7 Å². The third-order valence-electron chi connectivity index (χ3n) is 4.02. The Morgan fingerprint density at radius 1 is 1.22 bits per heavy atom. The molecule has 3 heterocycles. The van der Waals surface area contributed by atoms with E-state index in [9.17, 15) is 0 Å². The van der Waals surface area contributed by atoms with Crippen LogP contribution in [0.4, 0.5) is 23.3 Å². The van der Waals surface area contributed by atoms with Crippen LogP contribution in [0.2, 0.25) is 0 Å². The highest BCUT2D eigenvalue weighted by Crippen LogP contribution is 2.20. The maximum Gasteiger partial charge on any atom is 0.285 e. The molecule has 0 bridgehead atoms. The van der Waals surface area contributed by atoms with Gasteiger partial charge in [0.15, 0.2) is 5.82 Å². The van der Waals surface area contributed by atoms with Crippen molar-refractivity contribution in [3.63, 3.8) is 0 Å². The smallest absolute Gasteiger partial charge is 0.285 e. The summed E-state index contributed by atoms with van der Waals surface area (Å²) >= 11 is 0. The zero-order chi connectivity index (χ0) is 18.8. The van der Waals surface area contributed by atoms with Crippen molar-refractivity contribution in [2.45, 2.75) is 13.5 Å². The van der Waals surface area contributed by atoms with E-state index < -0.39 is 0 Å². The molecule has 0 unspecified atom stereocenters. The molecule has 136 valence electrons. The monoisotopic (exact) mass is 363 g/mol. The third kappa shape index (κ3) is 3.62. The van der Waals surface area contributed by atoms with Crippen molar-refractivity contribution in [3.05, 3.63) is 60.0 Å². The molecule has 0 fully saturated rings. The highest BCUT2D eigenvalue weighted by atomic mass is 16.5. The Labute approximate surface area is 155 Å². The molecule has 4 aromatic rings. The fraction of sp³-hybridized carbons (Fsp3) is 0.111. The lowest BCUT2D eigenvalue weighted by Crippen LogP contribution is -2.36. The topological polar surface area (TPSA) is 133 Å². The molecular weight excluding hydrogens is 344 g/mol. The minimum atomic E-state index is 0.291. The normalized spacial score (nSPS) is 10.9. The molecule has 0 aliphatic carbocycles. The van der Waals surface area contributed by atoms with E-state index in [1.807, 2.05) is 37.3 Å². The molecule has 0 saturated heterocycles. The Balaban J connectivity index is 1.56. The number of hydrogen-bond donors (Lipinski definition) is 3. The van der Waals surface area contributed by atoms with Crippen LogP contribution in [0.5, 0.6) is 0 Å². The number of H-pyrrole nitrogens is 1. The van der Waals surface area contributed by atoms with Gasteiger partial charge in [-0.15, -0.1) is 0 Å². The molecule has 27 heavy (non-hydrogen) atoms. The van der Waals surface area contributed by atoms with Gasteiger partial charge in [-0.05, 0) is 30.7 Å². The number of aryl methyl sites for hydroxylation is 1. The average Bonchev–Trinajstić information content (AvgIpc) is 3.08. The number of hydrogen-bond acceptors (Lipinski definition) is 8. The number of benzene rings is 1. The molecule has 0 aliphatic rings. The van der Waals surface area contributed by atoms with Gasteiger partial charge in [-0.2, -0.15) is 5.84 Å². The molecule has 3 aromatic heterocycles. The number of aromatic amines is 1. The fourth-order valence-electron chi connectivity index (χ4n) is 2.76. The van der Waals surface area contributed by atoms with Crippen LogP contribution >= 0.6 is 0 Å². The first-order valence-corrected chi connectivity index (χ1v) is 8.32. The number of fused-ring (bicyclic) bond motifs is 1. The van der Waals surface area contributed by atoms with E-state index in [1.165, 1.54) is 5.01 Å². The Hall–Kier alpha value is -3.72. The van der Waals surface area contributed by atoms with Crippen LogP contribution in [0.1, 0.15) is 11.3 Å². The lowest BCUT2D eigenvalue weighted by Gasteiger charge is -2.14. The Bertz CT molecular complexity index is 1090. The maximum atomic E-state index is 6.24. The summed E-state index contributed by atoms with van der Waals surface area (Å²) in [5, 5.41) is 9.44. The highest BCUT2D eigenvalue weighted by Gasteiger charge is 2.18. The number of rotatable bonds is 5. The van der Waals surface area contributed by atoms with Crippen molar-refractivity contribution in [2.24, 2.45) is 5.84 Å². The van der Waals surface area contributed by atoms with Crippen LogP contribution in [0.25, 0.3) is 10.9 Å². The Morgan fingerprint density at radius 3 is 2.93 bits per heavy atom. The van der Waals surface area contributed by atoms with Gasteiger partial charge in [-0.3, -0.25) is 4.98 Å². The first-order valence-electron chi connectivity index (χ1n) is 8.32. The average molecular weight is 363 g/mol. The molecule has 1 aromatic carbocycles. The molecule has 4 rings (SSSR count). The van der Waals surface area contributed by atoms with E-state index >= 15 is 0 Å². The number of nitrogen functional groups attached to an aromatic ring is 1. The number of nitrogens with two attached hydrogens (primary N) is 2. The molecule has 0 atom stereocenters. The van der Waals surface area contributed by atoms with Crippen LogP contribution in [0.3, 0.4) is 0 Å². The van der Waals surface area contributed by atoms with Gasteiger partial charge in [0.25, 0.3) is 11.7 Å². The first kappa shape index (κ1) is 16.7. The maximum absolute atomic E-state index is 6.24. The molecule has 9 heteroatoms. The molecule has 0 saturated carbocycles. The standard InChI is InChI=1S/C18H18N8O/c1-11-7-16(27-25-11)23-15-9-22-17(19)18(24-15)26(20)10-12-4-5-14-13(8-12)3-2-6-21-14/h2-9H,10,20H2,1H3,(H2,19,22)(H,23,24)/p+1. The highest BCUT2D eigenvalue weighted by molar-refractivity contribution is 5.79. The quantitative estimate of drug-likeness (QED) is 0.362. The van der Waals surface area contributed by atoms with E-state index in [0.29, 0.717) is 29.9 Å². The van der Waals surface area contributed by atoms with Crippen molar-refractivity contribution in [1.29, 1.82) is 0 Å². The second-order valence-corrected chi connectivity index (χ2v) is 6.15. The molecule has 9 nitrogen and oxygen atoms in total. The number of aromatic nitrogens is 4. The van der Waals surface area contributed by atoms with Crippen molar-refractivity contribution in [2.75, 3.05) is 16.1 Å². The second-order valence-electron chi connectivity index (χ2n) is 6.15. The Kier molecular flexibility index (Phi) is 4.27. The summed E-state index contributed by atoms with van der Waals surface area (Å²) in [4.78, 5) is 11.6. The number of anilines is 4. The van der Waals surface area contributed by atoms with Crippen LogP contribution in [0.15, 0.2) is 53.3 Å².